The first-order chi connectivity index (χ1) is 25.8. The Kier molecular flexibility index (Phi) is 14.6. The van der Waals surface area contributed by atoms with Gasteiger partial charge in [0.05, 0.1) is 12.9 Å². The van der Waals surface area contributed by atoms with Crippen molar-refractivity contribution in [3.63, 3.8) is 0 Å². The van der Waals surface area contributed by atoms with Gasteiger partial charge in [-0.15, -0.1) is 0 Å². The molecular weight excluding hydrogens is 749 g/mol. The van der Waals surface area contributed by atoms with Crippen LogP contribution in [0.15, 0.2) is 60.7 Å². The number of nitrogens with zero attached hydrogens (tertiary/aromatic N) is 4. The zero-order valence-electron chi connectivity index (χ0n) is 33.7. The first-order valence-corrected chi connectivity index (χ1v) is 20.6. The molecule has 2 aliphatic heterocycles. The maximum absolute atomic E-state index is 12.5. The van der Waals surface area contributed by atoms with Crippen molar-refractivity contribution in [1.82, 2.24) is 0 Å². The van der Waals surface area contributed by atoms with Crippen molar-refractivity contribution in [2.75, 3.05) is 58.7 Å². The van der Waals surface area contributed by atoms with Crippen molar-refractivity contribution in [2.24, 2.45) is 0 Å². The van der Waals surface area contributed by atoms with Crippen molar-refractivity contribution in [1.29, 1.82) is 0 Å². The molecule has 0 saturated carbocycles. The van der Waals surface area contributed by atoms with Crippen LogP contribution in [0.25, 0.3) is 0 Å². The highest BCUT2D eigenvalue weighted by Crippen LogP contribution is 2.39. The van der Waals surface area contributed by atoms with Gasteiger partial charge in [-0.25, -0.2) is 17.9 Å². The molecule has 2 saturated heterocycles. The molecule has 56 heavy (non-hydrogen) atoms. The van der Waals surface area contributed by atoms with Crippen LogP contribution in [0.5, 0.6) is 0 Å². The number of carbonyl (C=O) groups is 4. The molecule has 2 heterocycles. The summed E-state index contributed by atoms with van der Waals surface area (Å²) in [6.45, 7) is 12.1. The van der Waals surface area contributed by atoms with E-state index in [0.717, 1.165) is 17.4 Å². The van der Waals surface area contributed by atoms with Crippen LogP contribution in [0.4, 0.5) is 19.2 Å². The molecule has 0 aliphatic carbocycles. The third kappa shape index (κ3) is 9.93. The van der Waals surface area contributed by atoms with Gasteiger partial charge in [0.1, 0.15) is 63.4 Å². The van der Waals surface area contributed by atoms with Crippen molar-refractivity contribution in [3.05, 3.63) is 71.8 Å². The first kappa shape index (κ1) is 46.4. The fourth-order valence-corrected chi connectivity index (χ4v) is 9.32. The molecule has 4 rings (SSSR count). The van der Waals surface area contributed by atoms with E-state index in [1.165, 1.54) is 0 Å². The Morgan fingerprint density at radius 3 is 1.27 bits per heavy atom. The molecule has 0 bridgehead atoms. The highest BCUT2D eigenvalue weighted by Gasteiger charge is 2.63. The molecule has 0 radical (unpaired) electrons. The number of hydrogen-bond acceptors (Lipinski definition) is 8. The molecule has 5 N–H and O–H groups in total. The molecule has 2 fully saturated rings. The second-order valence-corrected chi connectivity index (χ2v) is 18.8. The largest absolute Gasteiger partial charge is 0.514 e. The van der Waals surface area contributed by atoms with E-state index in [9.17, 15) is 53.1 Å². The number of hydrogen-bond donors (Lipinski definition) is 5. The SMILES string of the molecule is CC(C)(C)[N+]1(C(=O)O)CC[N+](Cc2ccccc2)(C(=O)O)CC1CCO.CC(C)(C)[N+]1(C(=O)O)CC[N+](Cc2ccccc2)(C(=O)O)C[C@H]1CCOS(C)(=O)=O. The van der Waals surface area contributed by atoms with Crippen molar-refractivity contribution in [2.45, 2.75) is 90.6 Å². The van der Waals surface area contributed by atoms with Crippen LogP contribution in [0, 0.1) is 0 Å². The summed E-state index contributed by atoms with van der Waals surface area (Å²) in [5, 5.41) is 49.9. The molecule has 5 unspecified atom stereocenters. The molecule has 4 amide bonds. The van der Waals surface area contributed by atoms with E-state index < -0.39 is 57.7 Å². The maximum atomic E-state index is 12.5. The van der Waals surface area contributed by atoms with Crippen LogP contribution >= 0.6 is 0 Å². The number of carboxylic acid groups (broad SMARTS) is 4. The topological polar surface area (TPSA) is 213 Å². The smallest absolute Gasteiger partial charge is 0.435 e. The number of rotatable bonds is 10. The molecule has 16 nitrogen and oxygen atoms in total. The van der Waals surface area contributed by atoms with E-state index >= 15 is 0 Å². The number of benzene rings is 2. The van der Waals surface area contributed by atoms with E-state index in [0.29, 0.717) is 6.54 Å². The summed E-state index contributed by atoms with van der Waals surface area (Å²) >= 11 is 0. The highest BCUT2D eigenvalue weighted by molar-refractivity contribution is 7.85. The Labute approximate surface area is 330 Å². The van der Waals surface area contributed by atoms with Gasteiger partial charge in [-0.3, -0.25) is 4.18 Å². The molecule has 2 aromatic carbocycles. The van der Waals surface area contributed by atoms with Gasteiger partial charge >= 0.3 is 24.4 Å². The van der Waals surface area contributed by atoms with Gasteiger partial charge in [-0.2, -0.15) is 27.6 Å². The Morgan fingerprint density at radius 2 is 0.982 bits per heavy atom. The second kappa shape index (κ2) is 17.7. The zero-order valence-corrected chi connectivity index (χ0v) is 34.5. The average Bonchev–Trinajstić information content (AvgIpc) is 3.08. The average molecular weight is 811 g/mol. The van der Waals surface area contributed by atoms with Crippen LogP contribution in [0.3, 0.4) is 0 Å². The van der Waals surface area contributed by atoms with Crippen LogP contribution in [0.1, 0.15) is 65.5 Å². The predicted octanol–water partition coefficient (Wildman–Crippen LogP) is 5.46. The molecule has 6 atom stereocenters. The van der Waals surface area contributed by atoms with E-state index in [1.807, 2.05) is 102 Å². The summed E-state index contributed by atoms with van der Waals surface area (Å²) in [4.78, 5) is 49.4. The van der Waals surface area contributed by atoms with Gasteiger partial charge in [0.25, 0.3) is 10.1 Å². The van der Waals surface area contributed by atoms with E-state index in [4.69, 9.17) is 4.18 Å². The van der Waals surface area contributed by atoms with E-state index in [-0.39, 0.29) is 89.8 Å². The fourth-order valence-electron chi connectivity index (χ4n) is 8.92. The molecular formula is C39H62N4O12S+4. The minimum absolute atomic E-state index is 0.0565. The minimum atomic E-state index is -3.69. The lowest BCUT2D eigenvalue weighted by atomic mass is 9.92. The van der Waals surface area contributed by atoms with Gasteiger partial charge in [0, 0.05) is 30.6 Å². The standard InChI is InChI=1S/C20H30N2O7S.C19H28N2O5/c1-20(2,3)22(19(25)26)12-11-21(18(23)24,14-16-8-6-5-7-9-16)15-17(22)10-13-29-30(4,27)28;1-19(2,3)21(18(25)26)11-10-20(17(23)24,14-16(21)9-12-22)13-15-7-5-4-6-8-15/h5-9,17H,10-15H2,1-4H3;4-8,16,22H,9-14H2,1-3H3/p+4/t17-,21?,22?;/m1./s1. The van der Waals surface area contributed by atoms with Crippen LogP contribution < -0.4 is 0 Å². The summed E-state index contributed by atoms with van der Waals surface area (Å²) in [5.74, 6) is 0. The third-order valence-corrected chi connectivity index (χ3v) is 12.5. The van der Waals surface area contributed by atoms with Crippen molar-refractivity contribution < 1.29 is 75.2 Å². The lowest BCUT2D eigenvalue weighted by Crippen LogP contribution is -2.78. The van der Waals surface area contributed by atoms with E-state index in [2.05, 4.69) is 0 Å². The van der Waals surface area contributed by atoms with Crippen LogP contribution in [-0.2, 0) is 27.4 Å². The molecule has 2 aliphatic rings. The van der Waals surface area contributed by atoms with E-state index in [1.54, 1.807) is 0 Å². The molecule has 17 heteroatoms. The van der Waals surface area contributed by atoms with Crippen LogP contribution in [0.2, 0.25) is 0 Å². The molecule has 2 aromatic rings. The summed E-state index contributed by atoms with van der Waals surface area (Å²) < 4.78 is 26.6. The van der Waals surface area contributed by atoms with Crippen LogP contribution in [-0.4, -0.2) is 158 Å². The number of piperazine rings is 2. The number of aliphatic hydroxyl groups is 1. The summed E-state index contributed by atoms with van der Waals surface area (Å²) in [5.41, 5.74) is 0.427. The van der Waals surface area contributed by atoms with Gasteiger partial charge in [-0.1, -0.05) is 60.7 Å². The lowest BCUT2D eigenvalue weighted by Gasteiger charge is -2.54. The fraction of sp³-hybridized carbons (Fsp3) is 0.590. The minimum Gasteiger partial charge on any atom is -0.435 e. The van der Waals surface area contributed by atoms with Gasteiger partial charge < -0.3 is 25.5 Å². The highest BCUT2D eigenvalue weighted by atomic mass is 32.2. The van der Waals surface area contributed by atoms with Gasteiger partial charge in [0.2, 0.25) is 0 Å². The monoisotopic (exact) mass is 810 g/mol. The Bertz CT molecular complexity index is 1800. The van der Waals surface area contributed by atoms with Gasteiger partial charge in [-0.05, 0) is 41.5 Å². The summed E-state index contributed by atoms with van der Waals surface area (Å²) in [6, 6.07) is 17.5. The Hall–Kier alpha value is -3.97. The normalized spacial score (nSPS) is 28.4. The quantitative estimate of drug-likeness (QED) is 0.150. The van der Waals surface area contributed by atoms with Gasteiger partial charge in [0.15, 0.2) is 12.1 Å². The van der Waals surface area contributed by atoms with Crippen molar-refractivity contribution >= 4 is 34.5 Å². The first-order valence-electron chi connectivity index (χ1n) is 18.8. The third-order valence-electron chi connectivity index (χ3n) is 11.9. The molecule has 0 aromatic heterocycles. The number of aliphatic hydroxyl groups excluding tert-OH is 1. The summed E-state index contributed by atoms with van der Waals surface area (Å²) in [7, 11) is -3.69. The second-order valence-electron chi connectivity index (χ2n) is 17.2. The Balaban J connectivity index is 0.000000303. The molecule has 0 spiro atoms. The zero-order chi connectivity index (χ0) is 42.4. The predicted molar refractivity (Wildman–Crippen MR) is 207 cm³/mol. The van der Waals surface area contributed by atoms with Crippen molar-refractivity contribution in [3.8, 4) is 0 Å². The number of amides is 4. The summed E-state index contributed by atoms with van der Waals surface area (Å²) in [6.07, 6.45) is -2.68. The Morgan fingerprint density at radius 1 is 0.625 bits per heavy atom. The molecule has 312 valence electrons. The maximum Gasteiger partial charge on any atom is 0.514 e. The lowest BCUT2D eigenvalue weighted by molar-refractivity contribution is -1.01. The number of quaternary nitrogens is 4.